The van der Waals surface area contributed by atoms with Crippen LogP contribution in [0.5, 0.6) is 0 Å². The van der Waals surface area contributed by atoms with Gasteiger partial charge in [-0.3, -0.25) is 10.1 Å². The Balaban J connectivity index is 1.83. The second-order valence-electron chi connectivity index (χ2n) is 8.99. The molecule has 0 fully saturated rings. The van der Waals surface area contributed by atoms with Crippen LogP contribution in [0.15, 0.2) is 79.0 Å². The molecule has 1 aromatic heterocycles. The maximum absolute atomic E-state index is 11.2. The van der Waals surface area contributed by atoms with Gasteiger partial charge in [-0.05, 0) is 40.4 Å². The van der Waals surface area contributed by atoms with E-state index in [1.165, 1.54) is 10.4 Å². The fourth-order valence-electron chi connectivity index (χ4n) is 4.44. The smallest absolute Gasteiger partial charge is 0.261 e. The largest absolute Gasteiger partial charge is 0.407 e. The van der Waals surface area contributed by atoms with Crippen LogP contribution in [0.4, 0.5) is 0 Å². The highest BCUT2D eigenvalue weighted by molar-refractivity contribution is 6.99. The van der Waals surface area contributed by atoms with Gasteiger partial charge < -0.3 is 9.41 Å². The van der Waals surface area contributed by atoms with Crippen molar-refractivity contribution in [2.45, 2.75) is 44.6 Å². The van der Waals surface area contributed by atoms with Crippen LogP contribution in [0.1, 0.15) is 45.2 Å². The third-order valence-electron chi connectivity index (χ3n) is 5.86. The van der Waals surface area contributed by atoms with Gasteiger partial charge in [0.15, 0.2) is 0 Å². The van der Waals surface area contributed by atoms with Crippen molar-refractivity contribution in [3.05, 3.63) is 94.8 Å². The van der Waals surface area contributed by atoms with Crippen LogP contribution < -0.4 is 10.4 Å². The summed E-state index contributed by atoms with van der Waals surface area (Å²) in [4.78, 5) is 14.1. The monoisotopic (exact) mass is 436 g/mol. The molecule has 0 bridgehead atoms. The summed E-state index contributed by atoms with van der Waals surface area (Å²) in [6.45, 7) is 7.27. The lowest BCUT2D eigenvalue weighted by molar-refractivity contribution is -0.483. The number of aromatic amines is 1. The maximum Gasteiger partial charge on any atom is 0.261 e. The van der Waals surface area contributed by atoms with Crippen LogP contribution in [0.2, 0.25) is 5.04 Å². The number of H-pyrrole nitrogens is 1. The highest BCUT2D eigenvalue weighted by Crippen LogP contribution is 2.37. The molecule has 6 heteroatoms. The van der Waals surface area contributed by atoms with Crippen LogP contribution in [-0.4, -0.2) is 31.4 Å². The third kappa shape index (κ3) is 5.32. The summed E-state index contributed by atoms with van der Waals surface area (Å²) < 4.78 is 6.90. The molecule has 0 spiro atoms. The van der Waals surface area contributed by atoms with Gasteiger partial charge in [0.1, 0.15) is 0 Å². The quantitative estimate of drug-likeness (QED) is 0.216. The molecule has 2 aromatic carbocycles. The van der Waals surface area contributed by atoms with Crippen LogP contribution in [0, 0.1) is 10.1 Å². The minimum atomic E-state index is -2.56. The van der Waals surface area contributed by atoms with Gasteiger partial charge in [0.2, 0.25) is 6.54 Å². The second-order valence-corrected chi connectivity index (χ2v) is 13.3. The first-order chi connectivity index (χ1) is 14.8. The normalized spacial score (nSPS) is 13.1. The lowest BCUT2D eigenvalue weighted by Crippen LogP contribution is -2.66. The summed E-state index contributed by atoms with van der Waals surface area (Å²) in [5.74, 6) is -0.132. The minimum Gasteiger partial charge on any atom is -0.407 e. The van der Waals surface area contributed by atoms with Crippen LogP contribution in [0.3, 0.4) is 0 Å². The van der Waals surface area contributed by atoms with E-state index in [9.17, 15) is 10.1 Å². The van der Waals surface area contributed by atoms with E-state index in [0.717, 1.165) is 12.1 Å². The van der Waals surface area contributed by atoms with Crippen LogP contribution in [-0.2, 0) is 4.43 Å². The average molecular weight is 437 g/mol. The zero-order chi connectivity index (χ0) is 22.3. The van der Waals surface area contributed by atoms with Crippen molar-refractivity contribution in [2.75, 3.05) is 13.2 Å². The van der Waals surface area contributed by atoms with Crippen molar-refractivity contribution in [2.24, 2.45) is 0 Å². The van der Waals surface area contributed by atoms with E-state index in [4.69, 9.17) is 4.43 Å². The standard InChI is InChI=1S/C25H32N2O3Si/c1-25(2,3)31(22-13-6-4-7-14-22,23-15-8-5-9-16-23)30-19-11-12-21(20-27(28)29)24-17-10-18-26-24/h4-10,13-18,21,26H,11-12,19-20H2,1-3H3/t21-/m0/s1. The number of hydrogen-bond acceptors (Lipinski definition) is 3. The fraction of sp³-hybridized carbons (Fsp3) is 0.360. The summed E-state index contributed by atoms with van der Waals surface area (Å²) in [5.41, 5.74) is 0.919. The Bertz CT molecular complexity index is 898. The predicted molar refractivity (Wildman–Crippen MR) is 128 cm³/mol. The first kappa shape index (κ1) is 23.0. The Morgan fingerprint density at radius 1 is 0.968 bits per heavy atom. The summed E-state index contributed by atoms with van der Waals surface area (Å²) in [6, 6.07) is 24.9. The molecule has 31 heavy (non-hydrogen) atoms. The predicted octanol–water partition coefficient (Wildman–Crippen LogP) is 4.73. The zero-order valence-electron chi connectivity index (χ0n) is 18.6. The van der Waals surface area contributed by atoms with Crippen molar-refractivity contribution >= 4 is 18.7 Å². The van der Waals surface area contributed by atoms with E-state index < -0.39 is 8.32 Å². The fourth-order valence-corrected chi connectivity index (χ4v) is 9.05. The number of nitro groups is 1. The number of hydrogen-bond donors (Lipinski definition) is 1. The summed E-state index contributed by atoms with van der Waals surface area (Å²) >= 11 is 0. The maximum atomic E-state index is 11.2. The molecule has 0 aliphatic heterocycles. The SMILES string of the molecule is CC(C)(C)[Si](OCCC[C@@H](C[N+](=O)[O-])c1ccc[nH]1)(c1ccccc1)c1ccccc1. The molecule has 1 heterocycles. The minimum absolute atomic E-state index is 0.0697. The van der Waals surface area contributed by atoms with Gasteiger partial charge in [-0.15, -0.1) is 0 Å². The number of benzene rings is 2. The zero-order valence-corrected chi connectivity index (χ0v) is 19.6. The van der Waals surface area contributed by atoms with E-state index in [0.29, 0.717) is 13.0 Å². The third-order valence-corrected chi connectivity index (χ3v) is 10.9. The number of nitrogens with zero attached hydrogens (tertiary/aromatic N) is 1. The second kappa shape index (κ2) is 10.1. The lowest BCUT2D eigenvalue weighted by atomic mass is 10.00. The molecule has 1 N–H and O–H groups in total. The van der Waals surface area contributed by atoms with E-state index in [1.807, 2.05) is 30.5 Å². The van der Waals surface area contributed by atoms with Crippen molar-refractivity contribution in [3.63, 3.8) is 0 Å². The van der Waals surface area contributed by atoms with Crippen LogP contribution >= 0.6 is 0 Å². The van der Waals surface area contributed by atoms with Gasteiger partial charge in [0.25, 0.3) is 8.32 Å². The van der Waals surface area contributed by atoms with E-state index in [2.05, 4.69) is 74.3 Å². The van der Waals surface area contributed by atoms with Crippen molar-refractivity contribution in [3.8, 4) is 0 Å². The summed E-state index contributed by atoms with van der Waals surface area (Å²) in [6.07, 6.45) is 3.29. The first-order valence-electron chi connectivity index (χ1n) is 10.8. The molecule has 0 unspecified atom stereocenters. The van der Waals surface area contributed by atoms with E-state index >= 15 is 0 Å². The van der Waals surface area contributed by atoms with Crippen LogP contribution in [0.25, 0.3) is 0 Å². The van der Waals surface area contributed by atoms with Crippen molar-refractivity contribution < 1.29 is 9.35 Å². The van der Waals surface area contributed by atoms with Gasteiger partial charge in [-0.1, -0.05) is 81.4 Å². The number of rotatable bonds is 10. The van der Waals surface area contributed by atoms with Gasteiger partial charge in [-0.25, -0.2) is 0 Å². The Labute approximate surface area is 185 Å². The highest BCUT2D eigenvalue weighted by Gasteiger charge is 2.49. The number of nitrogens with one attached hydrogen (secondary N) is 1. The Kier molecular flexibility index (Phi) is 7.46. The molecule has 1 atom stereocenters. The molecule has 0 aliphatic rings. The highest BCUT2D eigenvalue weighted by atomic mass is 28.4. The van der Waals surface area contributed by atoms with E-state index in [-0.39, 0.29) is 22.4 Å². The lowest BCUT2D eigenvalue weighted by Gasteiger charge is -2.43. The molecule has 5 nitrogen and oxygen atoms in total. The molecule has 0 saturated carbocycles. The number of aromatic nitrogens is 1. The van der Waals surface area contributed by atoms with Crippen molar-refractivity contribution in [1.82, 2.24) is 4.98 Å². The van der Waals surface area contributed by atoms with Gasteiger partial charge >= 0.3 is 0 Å². The molecular formula is C25H32N2O3Si. The Morgan fingerprint density at radius 3 is 2.00 bits per heavy atom. The molecule has 3 aromatic rings. The molecule has 0 saturated heterocycles. The molecule has 3 rings (SSSR count). The molecular weight excluding hydrogens is 404 g/mol. The van der Waals surface area contributed by atoms with Gasteiger partial charge in [-0.2, -0.15) is 0 Å². The average Bonchev–Trinajstić information content (AvgIpc) is 3.28. The van der Waals surface area contributed by atoms with Gasteiger partial charge in [0.05, 0.1) is 5.92 Å². The summed E-state index contributed by atoms with van der Waals surface area (Å²) in [5, 5.41) is 13.6. The van der Waals surface area contributed by atoms with Gasteiger partial charge in [0, 0.05) is 23.4 Å². The molecule has 0 radical (unpaired) electrons. The molecule has 164 valence electrons. The van der Waals surface area contributed by atoms with E-state index in [1.54, 1.807) is 0 Å². The first-order valence-corrected chi connectivity index (χ1v) is 12.8. The molecule has 0 amide bonds. The van der Waals surface area contributed by atoms with Crippen molar-refractivity contribution in [1.29, 1.82) is 0 Å². The summed E-state index contributed by atoms with van der Waals surface area (Å²) in [7, 11) is -2.56. The Hall–Kier alpha value is -2.70. The molecule has 0 aliphatic carbocycles. The topological polar surface area (TPSA) is 68.2 Å². The Morgan fingerprint density at radius 2 is 1.55 bits per heavy atom.